The van der Waals surface area contributed by atoms with E-state index in [-0.39, 0.29) is 13.2 Å². The first-order chi connectivity index (χ1) is 11.7. The van der Waals surface area contributed by atoms with Crippen molar-refractivity contribution < 1.29 is 10.2 Å². The molecule has 0 saturated heterocycles. The first-order valence-electron chi connectivity index (χ1n) is 10.9. The lowest BCUT2D eigenvalue weighted by atomic mass is 9.95. The standard InChI is InChI=1S/C10H22O2.2C6H14/c1-2-3-4-5-10(6-8-11)7-9-12;2*1-3-5-6-4-2/h10-12H,2-9H2,1H3;2*3-6H2,1-2H3. The molecule has 0 radical (unpaired) electrons. The second-order valence-corrected chi connectivity index (χ2v) is 6.80. The van der Waals surface area contributed by atoms with Gasteiger partial charge in [-0.3, -0.25) is 0 Å². The maximum atomic E-state index is 8.74. The van der Waals surface area contributed by atoms with Gasteiger partial charge in [-0.2, -0.15) is 0 Å². The largest absolute Gasteiger partial charge is 0.396 e. The lowest BCUT2D eigenvalue weighted by Gasteiger charge is -2.13. The maximum Gasteiger partial charge on any atom is 0.0433 e. The quantitative estimate of drug-likeness (QED) is 0.329. The van der Waals surface area contributed by atoms with Gasteiger partial charge in [0, 0.05) is 13.2 Å². The van der Waals surface area contributed by atoms with E-state index in [2.05, 4.69) is 34.6 Å². The fraction of sp³-hybridized carbons (Fsp3) is 1.00. The number of aliphatic hydroxyl groups excluding tert-OH is 2. The third-order valence-electron chi connectivity index (χ3n) is 4.20. The van der Waals surface area contributed by atoms with Crippen LogP contribution in [0.5, 0.6) is 0 Å². The SMILES string of the molecule is CCCCCC.CCCCCC.CCCCCC(CCO)CCO. The summed E-state index contributed by atoms with van der Waals surface area (Å²) in [5.41, 5.74) is 0. The first kappa shape index (κ1) is 28.7. The molecule has 24 heavy (non-hydrogen) atoms. The van der Waals surface area contributed by atoms with E-state index in [1.165, 1.54) is 70.6 Å². The van der Waals surface area contributed by atoms with Crippen LogP contribution < -0.4 is 0 Å². The average Bonchev–Trinajstić information content (AvgIpc) is 2.60. The summed E-state index contributed by atoms with van der Waals surface area (Å²) in [7, 11) is 0. The molecule has 0 aromatic rings. The summed E-state index contributed by atoms with van der Waals surface area (Å²) >= 11 is 0. The zero-order chi connectivity index (χ0) is 18.9. The van der Waals surface area contributed by atoms with Gasteiger partial charge in [-0.1, -0.05) is 112 Å². The molecule has 2 nitrogen and oxygen atoms in total. The minimum atomic E-state index is 0.261. The molecule has 0 aliphatic rings. The second kappa shape index (κ2) is 30.8. The Morgan fingerprint density at radius 1 is 0.458 bits per heavy atom. The number of hydrogen-bond donors (Lipinski definition) is 2. The average molecular weight is 347 g/mol. The van der Waals surface area contributed by atoms with Crippen LogP contribution in [0.4, 0.5) is 0 Å². The van der Waals surface area contributed by atoms with E-state index in [4.69, 9.17) is 10.2 Å². The lowest BCUT2D eigenvalue weighted by Crippen LogP contribution is -2.05. The number of unbranched alkanes of at least 4 members (excludes halogenated alkanes) is 8. The van der Waals surface area contributed by atoms with Crippen molar-refractivity contribution in [2.45, 2.75) is 125 Å². The van der Waals surface area contributed by atoms with Gasteiger partial charge in [0.15, 0.2) is 0 Å². The molecule has 0 aromatic heterocycles. The minimum absolute atomic E-state index is 0.261. The van der Waals surface area contributed by atoms with Gasteiger partial charge in [0.05, 0.1) is 0 Å². The second-order valence-electron chi connectivity index (χ2n) is 6.80. The zero-order valence-corrected chi connectivity index (χ0v) is 17.8. The van der Waals surface area contributed by atoms with Crippen LogP contribution in [-0.2, 0) is 0 Å². The fourth-order valence-electron chi connectivity index (χ4n) is 2.48. The van der Waals surface area contributed by atoms with E-state index < -0.39 is 0 Å². The Morgan fingerprint density at radius 2 is 0.750 bits per heavy atom. The molecule has 2 N–H and O–H groups in total. The molecule has 0 atom stereocenters. The molecule has 150 valence electrons. The molecule has 0 amide bonds. The lowest BCUT2D eigenvalue weighted by molar-refractivity contribution is 0.208. The van der Waals surface area contributed by atoms with Crippen LogP contribution in [0, 0.1) is 5.92 Å². The Kier molecular flexibility index (Phi) is 36.8. The Bertz CT molecular complexity index is 149. The van der Waals surface area contributed by atoms with Crippen LogP contribution in [0.3, 0.4) is 0 Å². The van der Waals surface area contributed by atoms with E-state index in [1.54, 1.807) is 0 Å². The van der Waals surface area contributed by atoms with E-state index in [1.807, 2.05) is 0 Å². The van der Waals surface area contributed by atoms with Crippen molar-refractivity contribution in [1.82, 2.24) is 0 Å². The first-order valence-corrected chi connectivity index (χ1v) is 10.9. The van der Waals surface area contributed by atoms with Crippen LogP contribution in [0.1, 0.15) is 125 Å². The summed E-state index contributed by atoms with van der Waals surface area (Å²) < 4.78 is 0. The van der Waals surface area contributed by atoms with Gasteiger partial charge in [0.1, 0.15) is 0 Å². The van der Waals surface area contributed by atoms with Gasteiger partial charge in [0.25, 0.3) is 0 Å². The molecular formula is C22H50O2. The predicted octanol–water partition coefficient (Wildman–Crippen LogP) is 7.12. The molecule has 0 fully saturated rings. The van der Waals surface area contributed by atoms with Crippen molar-refractivity contribution in [3.63, 3.8) is 0 Å². The normalized spacial score (nSPS) is 10.0. The smallest absolute Gasteiger partial charge is 0.0433 e. The maximum absolute atomic E-state index is 8.74. The van der Waals surface area contributed by atoms with Gasteiger partial charge in [0.2, 0.25) is 0 Å². The number of rotatable bonds is 14. The Labute approximate surface area is 154 Å². The van der Waals surface area contributed by atoms with Crippen molar-refractivity contribution in [3.8, 4) is 0 Å². The molecule has 0 aromatic carbocycles. The van der Waals surface area contributed by atoms with Crippen LogP contribution in [0.2, 0.25) is 0 Å². The highest BCUT2D eigenvalue weighted by molar-refractivity contribution is 4.58. The van der Waals surface area contributed by atoms with Crippen LogP contribution >= 0.6 is 0 Å². The van der Waals surface area contributed by atoms with E-state index in [9.17, 15) is 0 Å². The summed E-state index contributed by atoms with van der Waals surface area (Å²) in [5.74, 6) is 0.534. The Balaban J connectivity index is -0.000000309. The summed E-state index contributed by atoms with van der Waals surface area (Å²) in [6.45, 7) is 11.6. The van der Waals surface area contributed by atoms with Crippen molar-refractivity contribution in [2.24, 2.45) is 5.92 Å². The summed E-state index contributed by atoms with van der Waals surface area (Å²) in [4.78, 5) is 0. The van der Waals surface area contributed by atoms with E-state index in [0.29, 0.717) is 5.92 Å². The Morgan fingerprint density at radius 3 is 1.00 bits per heavy atom. The topological polar surface area (TPSA) is 40.5 Å². The van der Waals surface area contributed by atoms with Gasteiger partial charge < -0.3 is 10.2 Å². The highest BCUT2D eigenvalue weighted by atomic mass is 16.3. The van der Waals surface area contributed by atoms with Gasteiger partial charge in [-0.15, -0.1) is 0 Å². The molecule has 0 unspecified atom stereocenters. The summed E-state index contributed by atoms with van der Waals surface area (Å²) in [6, 6.07) is 0. The third kappa shape index (κ3) is 33.5. The van der Waals surface area contributed by atoms with Gasteiger partial charge in [-0.05, 0) is 18.8 Å². The van der Waals surface area contributed by atoms with Crippen molar-refractivity contribution in [1.29, 1.82) is 0 Å². The zero-order valence-electron chi connectivity index (χ0n) is 17.8. The van der Waals surface area contributed by atoms with E-state index >= 15 is 0 Å². The molecule has 0 aliphatic carbocycles. The van der Waals surface area contributed by atoms with Gasteiger partial charge in [-0.25, -0.2) is 0 Å². The van der Waals surface area contributed by atoms with Gasteiger partial charge >= 0.3 is 0 Å². The molecular weight excluding hydrogens is 296 g/mol. The number of aliphatic hydroxyl groups is 2. The van der Waals surface area contributed by atoms with Crippen LogP contribution in [-0.4, -0.2) is 23.4 Å². The monoisotopic (exact) mass is 346 g/mol. The summed E-state index contributed by atoms with van der Waals surface area (Å²) in [6.07, 6.45) is 17.7. The predicted molar refractivity (Wildman–Crippen MR) is 111 cm³/mol. The molecule has 0 saturated carbocycles. The fourth-order valence-corrected chi connectivity index (χ4v) is 2.48. The van der Waals surface area contributed by atoms with Crippen molar-refractivity contribution in [2.75, 3.05) is 13.2 Å². The number of hydrogen-bond acceptors (Lipinski definition) is 2. The third-order valence-corrected chi connectivity index (χ3v) is 4.20. The molecule has 0 heterocycles. The molecule has 2 heteroatoms. The highest BCUT2D eigenvalue weighted by Gasteiger charge is 2.06. The molecule has 0 aliphatic heterocycles. The van der Waals surface area contributed by atoms with Crippen LogP contribution in [0.15, 0.2) is 0 Å². The molecule has 0 spiro atoms. The van der Waals surface area contributed by atoms with Crippen molar-refractivity contribution in [3.05, 3.63) is 0 Å². The van der Waals surface area contributed by atoms with Crippen molar-refractivity contribution >= 4 is 0 Å². The molecule has 0 bridgehead atoms. The minimum Gasteiger partial charge on any atom is -0.396 e. The Hall–Kier alpha value is -0.0800. The highest BCUT2D eigenvalue weighted by Crippen LogP contribution is 2.16. The molecule has 0 rings (SSSR count). The van der Waals surface area contributed by atoms with Crippen LogP contribution in [0.25, 0.3) is 0 Å². The van der Waals surface area contributed by atoms with E-state index in [0.717, 1.165) is 19.3 Å². The summed E-state index contributed by atoms with van der Waals surface area (Å²) in [5, 5.41) is 17.5.